The standard InChI is InChI=1S/C24H22BrNO3/c1-24(18-10-4-2-5-11-18,19-12-6-3-7-13-19)23(29)26-21(22(27)28)16-17-9-8-14-20(25)15-17/h2-15,21H,16H2,1H3,(H,26,29)(H,27,28)/t21-/m0/s1. The van der Waals surface area contributed by atoms with Gasteiger partial charge in [-0.05, 0) is 35.7 Å². The van der Waals surface area contributed by atoms with Gasteiger partial charge in [-0.2, -0.15) is 0 Å². The summed E-state index contributed by atoms with van der Waals surface area (Å²) in [7, 11) is 0. The van der Waals surface area contributed by atoms with Gasteiger partial charge >= 0.3 is 5.97 Å². The zero-order valence-corrected chi connectivity index (χ0v) is 17.6. The quantitative estimate of drug-likeness (QED) is 0.552. The number of rotatable bonds is 7. The number of halogens is 1. The molecule has 148 valence electrons. The Bertz CT molecular complexity index is 950. The van der Waals surface area contributed by atoms with Crippen LogP contribution >= 0.6 is 15.9 Å². The van der Waals surface area contributed by atoms with Crippen molar-refractivity contribution in [2.24, 2.45) is 0 Å². The van der Waals surface area contributed by atoms with Gasteiger partial charge in [0, 0.05) is 10.9 Å². The maximum absolute atomic E-state index is 13.5. The maximum Gasteiger partial charge on any atom is 0.326 e. The van der Waals surface area contributed by atoms with Gasteiger partial charge in [0.2, 0.25) is 5.91 Å². The van der Waals surface area contributed by atoms with Crippen LogP contribution in [0.4, 0.5) is 0 Å². The van der Waals surface area contributed by atoms with Crippen molar-refractivity contribution in [1.82, 2.24) is 5.32 Å². The van der Waals surface area contributed by atoms with E-state index in [-0.39, 0.29) is 12.3 Å². The predicted octanol–water partition coefficient (Wildman–Crippen LogP) is 4.57. The van der Waals surface area contributed by atoms with Crippen molar-refractivity contribution in [3.8, 4) is 0 Å². The Morgan fingerprint density at radius 1 is 0.931 bits per heavy atom. The number of amides is 1. The van der Waals surface area contributed by atoms with Gasteiger partial charge in [-0.25, -0.2) is 4.79 Å². The van der Waals surface area contributed by atoms with E-state index in [1.165, 1.54) is 0 Å². The lowest BCUT2D eigenvalue weighted by Crippen LogP contribution is -2.50. The fourth-order valence-corrected chi connectivity index (χ4v) is 3.82. The minimum absolute atomic E-state index is 0.195. The summed E-state index contributed by atoms with van der Waals surface area (Å²) in [5.74, 6) is -1.42. The molecule has 29 heavy (non-hydrogen) atoms. The van der Waals surface area contributed by atoms with Crippen molar-refractivity contribution in [3.05, 3.63) is 106 Å². The van der Waals surface area contributed by atoms with Gasteiger partial charge < -0.3 is 10.4 Å². The van der Waals surface area contributed by atoms with Crippen LogP contribution in [0.1, 0.15) is 23.6 Å². The first-order chi connectivity index (χ1) is 13.9. The molecule has 0 spiro atoms. The minimum atomic E-state index is -1.07. The summed E-state index contributed by atoms with van der Waals surface area (Å²) in [6, 6.07) is 25.2. The molecule has 0 aromatic heterocycles. The Balaban J connectivity index is 1.94. The first-order valence-corrected chi connectivity index (χ1v) is 10.1. The molecule has 0 unspecified atom stereocenters. The second-order valence-corrected chi connectivity index (χ2v) is 7.97. The summed E-state index contributed by atoms with van der Waals surface area (Å²) < 4.78 is 0.865. The Labute approximate surface area is 178 Å². The molecule has 1 atom stereocenters. The van der Waals surface area contributed by atoms with Gasteiger partial charge in [-0.3, -0.25) is 4.79 Å². The van der Waals surface area contributed by atoms with Crippen molar-refractivity contribution in [2.75, 3.05) is 0 Å². The number of carbonyl (C=O) groups excluding carboxylic acids is 1. The Kier molecular flexibility index (Phi) is 6.49. The van der Waals surface area contributed by atoms with Gasteiger partial charge in [0.25, 0.3) is 0 Å². The predicted molar refractivity (Wildman–Crippen MR) is 117 cm³/mol. The van der Waals surface area contributed by atoms with Crippen molar-refractivity contribution in [2.45, 2.75) is 24.8 Å². The molecular formula is C24H22BrNO3. The van der Waals surface area contributed by atoms with Crippen LogP contribution in [0.2, 0.25) is 0 Å². The first kappa shape index (κ1) is 20.8. The smallest absolute Gasteiger partial charge is 0.326 e. The van der Waals surface area contributed by atoms with E-state index in [2.05, 4.69) is 21.2 Å². The van der Waals surface area contributed by atoms with Crippen LogP contribution in [0.25, 0.3) is 0 Å². The summed E-state index contributed by atoms with van der Waals surface area (Å²) in [4.78, 5) is 25.4. The lowest BCUT2D eigenvalue weighted by molar-refractivity contribution is -0.142. The molecule has 0 heterocycles. The molecule has 5 heteroatoms. The number of benzene rings is 3. The van der Waals surface area contributed by atoms with Crippen LogP contribution in [0.3, 0.4) is 0 Å². The number of hydrogen-bond acceptors (Lipinski definition) is 2. The van der Waals surface area contributed by atoms with Crippen molar-refractivity contribution < 1.29 is 14.7 Å². The van der Waals surface area contributed by atoms with Crippen LogP contribution in [-0.4, -0.2) is 23.0 Å². The molecule has 0 aliphatic carbocycles. The molecule has 0 radical (unpaired) electrons. The van der Waals surface area contributed by atoms with Gasteiger partial charge in [-0.1, -0.05) is 88.7 Å². The lowest BCUT2D eigenvalue weighted by atomic mass is 9.75. The summed E-state index contributed by atoms with van der Waals surface area (Å²) in [6.45, 7) is 1.82. The highest BCUT2D eigenvalue weighted by Crippen LogP contribution is 2.32. The third kappa shape index (κ3) is 4.74. The molecule has 0 aliphatic rings. The van der Waals surface area contributed by atoms with Gasteiger partial charge in [0.1, 0.15) is 6.04 Å². The summed E-state index contributed by atoms with van der Waals surface area (Å²) in [5, 5.41) is 12.5. The monoisotopic (exact) mass is 451 g/mol. The number of hydrogen-bond donors (Lipinski definition) is 2. The molecule has 3 aromatic rings. The lowest BCUT2D eigenvalue weighted by Gasteiger charge is -2.31. The van der Waals surface area contributed by atoms with Crippen LogP contribution in [-0.2, 0) is 21.4 Å². The summed E-state index contributed by atoms with van der Waals surface area (Å²) in [6.07, 6.45) is 0.195. The second kappa shape index (κ2) is 9.05. The maximum atomic E-state index is 13.5. The summed E-state index contributed by atoms with van der Waals surface area (Å²) in [5.41, 5.74) is 1.41. The molecule has 0 fully saturated rings. The van der Waals surface area contributed by atoms with E-state index in [0.29, 0.717) is 0 Å². The van der Waals surface area contributed by atoms with E-state index in [4.69, 9.17) is 0 Å². The molecule has 0 saturated carbocycles. The van der Waals surface area contributed by atoms with Gasteiger partial charge in [0.05, 0.1) is 5.41 Å². The molecule has 2 N–H and O–H groups in total. The summed E-state index contributed by atoms with van der Waals surface area (Å²) >= 11 is 3.40. The zero-order chi connectivity index (χ0) is 20.9. The highest BCUT2D eigenvalue weighted by atomic mass is 79.9. The Morgan fingerprint density at radius 2 is 1.48 bits per heavy atom. The molecule has 3 rings (SSSR count). The van der Waals surface area contributed by atoms with E-state index in [0.717, 1.165) is 21.2 Å². The normalized spacial score (nSPS) is 12.2. The molecule has 3 aromatic carbocycles. The van der Waals surface area contributed by atoms with E-state index >= 15 is 0 Å². The van der Waals surface area contributed by atoms with Crippen molar-refractivity contribution in [1.29, 1.82) is 0 Å². The fourth-order valence-electron chi connectivity index (χ4n) is 3.37. The van der Waals surface area contributed by atoms with Crippen LogP contribution in [0.5, 0.6) is 0 Å². The number of carbonyl (C=O) groups is 2. The molecule has 1 amide bonds. The fraction of sp³-hybridized carbons (Fsp3) is 0.167. The van der Waals surface area contributed by atoms with Crippen LogP contribution < -0.4 is 5.32 Å². The molecular weight excluding hydrogens is 430 g/mol. The average Bonchev–Trinajstić information content (AvgIpc) is 2.73. The first-order valence-electron chi connectivity index (χ1n) is 9.30. The number of carboxylic acids is 1. The van der Waals surface area contributed by atoms with E-state index in [1.807, 2.05) is 91.9 Å². The zero-order valence-electron chi connectivity index (χ0n) is 16.0. The second-order valence-electron chi connectivity index (χ2n) is 7.06. The Morgan fingerprint density at radius 3 is 1.97 bits per heavy atom. The van der Waals surface area contributed by atoms with Crippen LogP contribution in [0.15, 0.2) is 89.4 Å². The Hall–Kier alpha value is -2.92. The third-order valence-corrected chi connectivity index (χ3v) is 5.58. The number of nitrogens with one attached hydrogen (secondary N) is 1. The van der Waals surface area contributed by atoms with Gasteiger partial charge in [-0.15, -0.1) is 0 Å². The highest BCUT2D eigenvalue weighted by Gasteiger charge is 2.38. The topological polar surface area (TPSA) is 66.4 Å². The largest absolute Gasteiger partial charge is 0.480 e. The molecule has 0 aliphatic heterocycles. The van der Waals surface area contributed by atoms with Gasteiger partial charge in [0.15, 0.2) is 0 Å². The van der Waals surface area contributed by atoms with E-state index < -0.39 is 17.4 Å². The number of aliphatic carboxylic acids is 1. The molecule has 0 saturated heterocycles. The van der Waals surface area contributed by atoms with E-state index in [9.17, 15) is 14.7 Å². The minimum Gasteiger partial charge on any atom is -0.480 e. The molecule has 0 bridgehead atoms. The highest BCUT2D eigenvalue weighted by molar-refractivity contribution is 9.10. The molecule has 4 nitrogen and oxygen atoms in total. The van der Waals surface area contributed by atoms with Crippen molar-refractivity contribution in [3.63, 3.8) is 0 Å². The average molecular weight is 452 g/mol. The third-order valence-electron chi connectivity index (χ3n) is 5.09. The van der Waals surface area contributed by atoms with Crippen LogP contribution in [0, 0.1) is 0 Å². The SMILES string of the molecule is CC(C(=O)N[C@@H](Cc1cccc(Br)c1)C(=O)O)(c1ccccc1)c1ccccc1. The van der Waals surface area contributed by atoms with Crippen molar-refractivity contribution >= 4 is 27.8 Å². The van der Waals surface area contributed by atoms with E-state index in [1.54, 1.807) is 0 Å². The number of carboxylic acid groups (broad SMARTS) is 1.